The number of allylic oxidation sites excluding steroid dienone is 1. The average Bonchev–Trinajstić information content (AvgIpc) is 2.39. The van der Waals surface area contributed by atoms with Crippen LogP contribution in [-0.2, 0) is 0 Å². The summed E-state index contributed by atoms with van der Waals surface area (Å²) in [5.74, 6) is 0.811. The number of carbonyl (C=O) groups excluding carboxylic acids is 1. The van der Waals surface area contributed by atoms with E-state index in [0.717, 1.165) is 16.9 Å². The van der Waals surface area contributed by atoms with Gasteiger partial charge in [0.1, 0.15) is 5.75 Å². The molecule has 0 aliphatic carbocycles. The van der Waals surface area contributed by atoms with Gasteiger partial charge in [0.25, 0.3) is 0 Å². The Balaban J connectivity index is 2.72. The van der Waals surface area contributed by atoms with Gasteiger partial charge in [0.2, 0.25) is 0 Å². The molecule has 4 heteroatoms. The van der Waals surface area contributed by atoms with Crippen LogP contribution in [0.3, 0.4) is 0 Å². The smallest absolute Gasteiger partial charge is 0.319 e. The van der Waals surface area contributed by atoms with E-state index < -0.39 is 0 Å². The molecule has 0 bridgehead atoms. The molecule has 0 radical (unpaired) electrons. The maximum atomic E-state index is 12.0. The van der Waals surface area contributed by atoms with Crippen LogP contribution in [0.1, 0.15) is 51.8 Å². The summed E-state index contributed by atoms with van der Waals surface area (Å²) < 4.78 is 5.63. The Morgan fingerprint density at radius 3 is 2.64 bits per heavy atom. The second-order valence-corrected chi connectivity index (χ2v) is 6.51. The lowest BCUT2D eigenvalue weighted by Gasteiger charge is -2.19. The Bertz CT molecular complexity index is 530. The quantitative estimate of drug-likeness (QED) is 0.851. The molecule has 22 heavy (non-hydrogen) atoms. The van der Waals surface area contributed by atoms with Crippen LogP contribution in [0.2, 0.25) is 0 Å². The van der Waals surface area contributed by atoms with Crippen molar-refractivity contribution in [1.82, 2.24) is 10.6 Å². The van der Waals surface area contributed by atoms with Crippen LogP contribution in [0, 0.1) is 12.3 Å². The molecule has 0 spiro atoms. The number of ether oxygens (including phenoxy) is 1. The van der Waals surface area contributed by atoms with Gasteiger partial charge in [-0.2, -0.15) is 0 Å². The molecule has 1 rings (SSSR count). The van der Waals surface area contributed by atoms with E-state index in [4.69, 9.17) is 4.74 Å². The van der Waals surface area contributed by atoms with Crippen molar-refractivity contribution in [3.8, 4) is 5.75 Å². The first-order valence-corrected chi connectivity index (χ1v) is 7.71. The lowest BCUT2D eigenvalue weighted by atomic mass is 9.97. The van der Waals surface area contributed by atoms with Gasteiger partial charge >= 0.3 is 6.03 Å². The maximum absolute atomic E-state index is 12.0. The number of benzene rings is 1. The third kappa shape index (κ3) is 6.20. The summed E-state index contributed by atoms with van der Waals surface area (Å²) in [7, 11) is 0. The van der Waals surface area contributed by atoms with Crippen molar-refractivity contribution in [3.05, 3.63) is 41.6 Å². The van der Waals surface area contributed by atoms with Gasteiger partial charge in [-0.05, 0) is 32.3 Å². The third-order valence-electron chi connectivity index (χ3n) is 3.08. The minimum absolute atomic E-state index is 0.0393. The first kappa shape index (κ1) is 18.1. The molecular weight excluding hydrogens is 276 g/mol. The molecule has 0 fully saturated rings. The molecule has 0 saturated carbocycles. The van der Waals surface area contributed by atoms with Gasteiger partial charge < -0.3 is 15.4 Å². The Kier molecular flexibility index (Phi) is 6.47. The summed E-state index contributed by atoms with van der Waals surface area (Å²) in [4.78, 5) is 12.0. The fourth-order valence-electron chi connectivity index (χ4n) is 1.98. The van der Waals surface area contributed by atoms with Crippen LogP contribution in [0.5, 0.6) is 5.75 Å². The highest BCUT2D eigenvalue weighted by Crippen LogP contribution is 2.26. The maximum Gasteiger partial charge on any atom is 0.319 e. The lowest BCUT2D eigenvalue weighted by molar-refractivity contribution is 0.240. The number of amides is 2. The van der Waals surface area contributed by atoms with Gasteiger partial charge in [0.15, 0.2) is 0 Å². The predicted octanol–water partition coefficient (Wildman–Crippen LogP) is 4.31. The minimum Gasteiger partial charge on any atom is -0.494 e. The number of hydrogen-bond donors (Lipinski definition) is 2. The van der Waals surface area contributed by atoms with E-state index in [1.165, 1.54) is 0 Å². The van der Waals surface area contributed by atoms with Gasteiger partial charge in [-0.1, -0.05) is 44.5 Å². The Morgan fingerprint density at radius 2 is 2.05 bits per heavy atom. The predicted molar refractivity (Wildman–Crippen MR) is 91.0 cm³/mol. The van der Waals surface area contributed by atoms with E-state index in [1.54, 1.807) is 6.20 Å². The summed E-state index contributed by atoms with van der Waals surface area (Å²) >= 11 is 0. The minimum atomic E-state index is -0.225. The number of aryl methyl sites for hydroxylation is 1. The zero-order chi connectivity index (χ0) is 16.8. The Morgan fingerprint density at radius 1 is 1.36 bits per heavy atom. The lowest BCUT2D eigenvalue weighted by Crippen LogP contribution is -2.34. The Hall–Kier alpha value is -1.97. The molecule has 0 heterocycles. The van der Waals surface area contributed by atoms with Gasteiger partial charge in [-0.25, -0.2) is 4.79 Å². The number of nitrogens with one attached hydrogen (secondary N) is 2. The van der Waals surface area contributed by atoms with E-state index in [9.17, 15) is 4.79 Å². The fourth-order valence-corrected chi connectivity index (χ4v) is 1.98. The highest BCUT2D eigenvalue weighted by molar-refractivity contribution is 5.75. The molecule has 0 saturated heterocycles. The zero-order valence-electron chi connectivity index (χ0n) is 14.5. The van der Waals surface area contributed by atoms with Gasteiger partial charge in [-0.3, -0.25) is 0 Å². The fraction of sp³-hybridized carbons (Fsp3) is 0.500. The SMILES string of the molecule is CCOc1ccc(C)cc1C(C)NC(=O)N/C=C/C(C)(C)C. The molecule has 122 valence electrons. The normalized spacial score (nSPS) is 13.0. The number of hydrogen-bond acceptors (Lipinski definition) is 2. The van der Waals surface area contributed by atoms with E-state index >= 15 is 0 Å². The van der Waals surface area contributed by atoms with E-state index in [-0.39, 0.29) is 17.5 Å². The molecule has 4 nitrogen and oxygen atoms in total. The van der Waals surface area contributed by atoms with E-state index in [0.29, 0.717) is 6.61 Å². The summed E-state index contributed by atoms with van der Waals surface area (Å²) in [6.07, 6.45) is 3.64. The van der Waals surface area contributed by atoms with Gasteiger partial charge in [-0.15, -0.1) is 0 Å². The number of urea groups is 1. The van der Waals surface area contributed by atoms with Crippen LogP contribution >= 0.6 is 0 Å². The molecule has 1 aromatic rings. The van der Waals surface area contributed by atoms with Crippen LogP contribution in [0.4, 0.5) is 4.79 Å². The average molecular weight is 304 g/mol. The molecule has 1 aromatic carbocycles. The first-order valence-electron chi connectivity index (χ1n) is 7.71. The van der Waals surface area contributed by atoms with Crippen LogP contribution in [0.15, 0.2) is 30.5 Å². The molecule has 0 aromatic heterocycles. The molecular formula is C18H28N2O2. The monoisotopic (exact) mass is 304 g/mol. The second-order valence-electron chi connectivity index (χ2n) is 6.51. The van der Waals surface area contributed by atoms with Gasteiger partial charge in [0, 0.05) is 11.8 Å². The van der Waals surface area contributed by atoms with Crippen LogP contribution in [-0.4, -0.2) is 12.6 Å². The van der Waals surface area contributed by atoms with Gasteiger partial charge in [0.05, 0.1) is 12.6 Å². The zero-order valence-corrected chi connectivity index (χ0v) is 14.5. The highest BCUT2D eigenvalue weighted by atomic mass is 16.5. The van der Waals surface area contributed by atoms with Crippen molar-refractivity contribution in [3.63, 3.8) is 0 Å². The van der Waals surface area contributed by atoms with E-state index in [1.807, 2.05) is 45.0 Å². The van der Waals surface area contributed by atoms with Crippen LogP contribution in [0.25, 0.3) is 0 Å². The van der Waals surface area contributed by atoms with Crippen molar-refractivity contribution in [2.45, 2.75) is 47.6 Å². The number of rotatable bonds is 5. The molecule has 2 amide bonds. The van der Waals surface area contributed by atoms with Crippen molar-refractivity contribution in [2.75, 3.05) is 6.61 Å². The van der Waals surface area contributed by atoms with Crippen molar-refractivity contribution in [1.29, 1.82) is 0 Å². The second kappa shape index (κ2) is 7.87. The Labute approximate surface area is 133 Å². The topological polar surface area (TPSA) is 50.4 Å². The summed E-state index contributed by atoms with van der Waals surface area (Å²) in [5, 5.41) is 5.66. The largest absolute Gasteiger partial charge is 0.494 e. The van der Waals surface area contributed by atoms with Crippen LogP contribution < -0.4 is 15.4 Å². The molecule has 1 atom stereocenters. The molecule has 0 aliphatic heterocycles. The standard InChI is InChI=1S/C18H28N2O2/c1-7-22-16-9-8-13(2)12-15(16)14(3)20-17(21)19-11-10-18(4,5)6/h8-12,14H,7H2,1-6H3,(H2,19,20,21)/b11-10+. The van der Waals surface area contributed by atoms with E-state index in [2.05, 4.69) is 31.4 Å². The molecule has 0 aliphatic rings. The summed E-state index contributed by atoms with van der Waals surface area (Å²) in [6.45, 7) is 12.8. The summed E-state index contributed by atoms with van der Waals surface area (Å²) in [5.41, 5.74) is 2.16. The third-order valence-corrected chi connectivity index (χ3v) is 3.08. The molecule has 1 unspecified atom stereocenters. The number of carbonyl (C=O) groups is 1. The van der Waals surface area contributed by atoms with Crippen molar-refractivity contribution >= 4 is 6.03 Å². The van der Waals surface area contributed by atoms with Crippen molar-refractivity contribution in [2.24, 2.45) is 5.41 Å². The van der Waals surface area contributed by atoms with Crippen molar-refractivity contribution < 1.29 is 9.53 Å². The first-order chi connectivity index (χ1) is 10.2. The highest BCUT2D eigenvalue weighted by Gasteiger charge is 2.14. The molecule has 2 N–H and O–H groups in total. The summed E-state index contributed by atoms with van der Waals surface area (Å²) in [6, 6.07) is 5.64.